The van der Waals surface area contributed by atoms with Gasteiger partial charge in [0.05, 0.1) is 4.99 Å². The van der Waals surface area contributed by atoms with Gasteiger partial charge in [-0.15, -0.1) is 0 Å². The Bertz CT molecular complexity index is 276. The van der Waals surface area contributed by atoms with Crippen LogP contribution >= 0.6 is 12.2 Å². The minimum atomic E-state index is -0.763. The molecule has 1 unspecified atom stereocenters. The molecule has 0 saturated heterocycles. The number of ether oxygens (including phenoxy) is 1. The molecule has 0 aromatic heterocycles. The second kappa shape index (κ2) is 6.91. The van der Waals surface area contributed by atoms with E-state index in [-0.39, 0.29) is 11.9 Å². The van der Waals surface area contributed by atoms with Crippen molar-refractivity contribution in [2.24, 2.45) is 5.73 Å². The Morgan fingerprint density at radius 1 is 1.53 bits per heavy atom. The van der Waals surface area contributed by atoms with Gasteiger partial charge in [0, 0.05) is 26.1 Å². The number of nitrogens with zero attached hydrogens (tertiary/aromatic N) is 1. The van der Waals surface area contributed by atoms with Crippen LogP contribution in [0.3, 0.4) is 0 Å². The number of amides is 1. The highest BCUT2D eigenvalue weighted by atomic mass is 32.1. The summed E-state index contributed by atoms with van der Waals surface area (Å²) < 4.78 is 5.33. The SMILES string of the molecule is CCC(C)(OC)C(=O)N(CCC(N)=S)C(C)C. The zero-order valence-electron chi connectivity index (χ0n) is 11.4. The van der Waals surface area contributed by atoms with Crippen molar-refractivity contribution >= 4 is 23.1 Å². The van der Waals surface area contributed by atoms with Crippen molar-refractivity contribution in [2.45, 2.75) is 52.2 Å². The average Bonchev–Trinajstić information content (AvgIpc) is 2.27. The predicted octanol–water partition coefficient (Wildman–Crippen LogP) is 1.71. The van der Waals surface area contributed by atoms with Crippen LogP contribution in [0.15, 0.2) is 0 Å². The molecule has 0 aromatic carbocycles. The third kappa shape index (κ3) is 4.60. The largest absolute Gasteiger partial charge is 0.393 e. The molecule has 4 nitrogen and oxygen atoms in total. The quantitative estimate of drug-likeness (QED) is 0.708. The van der Waals surface area contributed by atoms with Crippen molar-refractivity contribution in [2.75, 3.05) is 13.7 Å². The molecule has 0 aliphatic carbocycles. The van der Waals surface area contributed by atoms with Crippen LogP contribution in [0.1, 0.15) is 40.5 Å². The topological polar surface area (TPSA) is 55.6 Å². The Morgan fingerprint density at radius 3 is 2.35 bits per heavy atom. The van der Waals surface area contributed by atoms with Crippen molar-refractivity contribution in [3.05, 3.63) is 0 Å². The standard InChI is InChI=1S/C12H24N2O2S/c1-6-12(4,16-5)11(15)14(9(2)3)8-7-10(13)17/h9H,6-8H2,1-5H3,(H2,13,17). The van der Waals surface area contributed by atoms with E-state index in [1.54, 1.807) is 12.0 Å². The Hall–Kier alpha value is -0.680. The summed E-state index contributed by atoms with van der Waals surface area (Å²) in [6.45, 7) is 8.25. The number of carbonyl (C=O) groups is 1. The van der Waals surface area contributed by atoms with E-state index in [1.807, 2.05) is 27.7 Å². The Kier molecular flexibility index (Phi) is 6.64. The summed E-state index contributed by atoms with van der Waals surface area (Å²) in [5.74, 6) is -0.00579. The molecule has 17 heavy (non-hydrogen) atoms. The number of rotatable bonds is 7. The van der Waals surface area contributed by atoms with Gasteiger partial charge in [-0.05, 0) is 27.2 Å². The van der Waals surface area contributed by atoms with Gasteiger partial charge in [0.15, 0.2) is 0 Å². The van der Waals surface area contributed by atoms with Gasteiger partial charge >= 0.3 is 0 Å². The van der Waals surface area contributed by atoms with Crippen LogP contribution in [-0.4, -0.2) is 41.1 Å². The molecule has 5 heteroatoms. The van der Waals surface area contributed by atoms with Gasteiger partial charge in [0.25, 0.3) is 5.91 Å². The highest BCUT2D eigenvalue weighted by molar-refractivity contribution is 7.80. The smallest absolute Gasteiger partial charge is 0.254 e. The highest BCUT2D eigenvalue weighted by Crippen LogP contribution is 2.19. The summed E-state index contributed by atoms with van der Waals surface area (Å²) in [6, 6.07) is 0.109. The fraction of sp³-hybridized carbons (Fsp3) is 0.833. The second-order valence-electron chi connectivity index (χ2n) is 4.60. The van der Waals surface area contributed by atoms with Gasteiger partial charge in [-0.1, -0.05) is 19.1 Å². The first kappa shape index (κ1) is 16.3. The molecule has 1 amide bonds. The third-order valence-electron chi connectivity index (χ3n) is 3.06. The number of hydrogen-bond donors (Lipinski definition) is 1. The van der Waals surface area contributed by atoms with Crippen LogP contribution in [0.25, 0.3) is 0 Å². The average molecular weight is 260 g/mol. The summed E-state index contributed by atoms with van der Waals surface area (Å²) in [5.41, 5.74) is 4.71. The van der Waals surface area contributed by atoms with E-state index in [9.17, 15) is 4.79 Å². The maximum absolute atomic E-state index is 12.4. The van der Waals surface area contributed by atoms with Gasteiger partial charge in [0.2, 0.25) is 0 Å². The fourth-order valence-electron chi connectivity index (χ4n) is 1.51. The molecule has 0 aromatic rings. The van der Waals surface area contributed by atoms with Crippen LogP contribution in [-0.2, 0) is 9.53 Å². The monoisotopic (exact) mass is 260 g/mol. The van der Waals surface area contributed by atoms with Gasteiger partial charge < -0.3 is 15.4 Å². The van der Waals surface area contributed by atoms with Gasteiger partial charge in [-0.25, -0.2) is 0 Å². The van der Waals surface area contributed by atoms with E-state index in [4.69, 9.17) is 22.7 Å². The molecule has 0 spiro atoms. The van der Waals surface area contributed by atoms with Crippen molar-refractivity contribution in [1.82, 2.24) is 4.90 Å². The zero-order valence-corrected chi connectivity index (χ0v) is 12.3. The lowest BCUT2D eigenvalue weighted by atomic mass is 10.0. The third-order valence-corrected chi connectivity index (χ3v) is 3.27. The van der Waals surface area contributed by atoms with Gasteiger partial charge in [-0.3, -0.25) is 4.79 Å². The normalized spacial score (nSPS) is 14.5. The molecule has 0 radical (unpaired) electrons. The maximum atomic E-state index is 12.4. The van der Waals surface area contributed by atoms with Crippen LogP contribution in [0.5, 0.6) is 0 Å². The molecule has 100 valence electrons. The minimum absolute atomic E-state index is 0.00579. The lowest BCUT2D eigenvalue weighted by Gasteiger charge is -2.35. The van der Waals surface area contributed by atoms with E-state index in [1.165, 1.54) is 0 Å². The molecule has 1 atom stereocenters. The first-order chi connectivity index (χ1) is 7.78. The number of methoxy groups -OCH3 is 1. The first-order valence-electron chi connectivity index (χ1n) is 5.93. The molecule has 0 aliphatic heterocycles. The van der Waals surface area contributed by atoms with E-state index in [2.05, 4.69) is 0 Å². The summed E-state index contributed by atoms with van der Waals surface area (Å²) in [7, 11) is 1.56. The molecule has 0 heterocycles. The van der Waals surface area contributed by atoms with Crippen molar-refractivity contribution in [3.63, 3.8) is 0 Å². The van der Waals surface area contributed by atoms with Crippen molar-refractivity contribution in [1.29, 1.82) is 0 Å². The summed E-state index contributed by atoms with van der Waals surface area (Å²) in [4.78, 5) is 14.6. The van der Waals surface area contributed by atoms with Crippen LogP contribution in [0.2, 0.25) is 0 Å². The van der Waals surface area contributed by atoms with Crippen LogP contribution in [0.4, 0.5) is 0 Å². The van der Waals surface area contributed by atoms with Crippen molar-refractivity contribution in [3.8, 4) is 0 Å². The van der Waals surface area contributed by atoms with Crippen LogP contribution in [0, 0.1) is 0 Å². The Balaban J connectivity index is 4.81. The lowest BCUT2D eigenvalue weighted by Crippen LogP contribution is -2.51. The molecule has 0 aliphatic rings. The summed E-state index contributed by atoms with van der Waals surface area (Å²) in [6.07, 6.45) is 1.18. The van der Waals surface area contributed by atoms with E-state index in [0.29, 0.717) is 24.4 Å². The highest BCUT2D eigenvalue weighted by Gasteiger charge is 2.35. The predicted molar refractivity (Wildman–Crippen MR) is 74.0 cm³/mol. The fourth-order valence-corrected chi connectivity index (χ4v) is 1.60. The van der Waals surface area contributed by atoms with Gasteiger partial charge in [0.1, 0.15) is 5.60 Å². The first-order valence-corrected chi connectivity index (χ1v) is 6.33. The number of thiocarbonyl (C=S) groups is 1. The number of nitrogens with two attached hydrogens (primary N) is 1. The molecule has 0 saturated carbocycles. The zero-order chi connectivity index (χ0) is 13.6. The van der Waals surface area contributed by atoms with Crippen LogP contribution < -0.4 is 5.73 Å². The number of hydrogen-bond acceptors (Lipinski definition) is 3. The van der Waals surface area contributed by atoms with E-state index >= 15 is 0 Å². The van der Waals surface area contributed by atoms with E-state index in [0.717, 1.165) is 0 Å². The Labute approximate surface area is 109 Å². The molecule has 2 N–H and O–H groups in total. The number of carbonyl (C=O) groups excluding carboxylic acids is 1. The summed E-state index contributed by atoms with van der Waals surface area (Å²) in [5, 5.41) is 0. The van der Waals surface area contributed by atoms with Gasteiger partial charge in [-0.2, -0.15) is 0 Å². The second-order valence-corrected chi connectivity index (χ2v) is 5.12. The van der Waals surface area contributed by atoms with E-state index < -0.39 is 5.60 Å². The Morgan fingerprint density at radius 2 is 2.06 bits per heavy atom. The molecule has 0 rings (SSSR count). The molecular weight excluding hydrogens is 236 g/mol. The maximum Gasteiger partial charge on any atom is 0.254 e. The summed E-state index contributed by atoms with van der Waals surface area (Å²) >= 11 is 4.85. The minimum Gasteiger partial charge on any atom is -0.393 e. The molecular formula is C12H24N2O2S. The molecule has 0 bridgehead atoms. The lowest BCUT2D eigenvalue weighted by molar-refractivity contribution is -0.155. The molecule has 0 fully saturated rings. The van der Waals surface area contributed by atoms with Crippen molar-refractivity contribution < 1.29 is 9.53 Å².